The molecule has 0 saturated heterocycles. The zero-order valence-electron chi connectivity index (χ0n) is 14.4. The number of rotatable bonds is 5. The highest BCUT2D eigenvalue weighted by Crippen LogP contribution is 2.35. The Hall–Kier alpha value is -2.81. The Balaban J connectivity index is 1.90. The van der Waals surface area contributed by atoms with Crippen LogP contribution in [-0.4, -0.2) is 44.8 Å². The summed E-state index contributed by atoms with van der Waals surface area (Å²) < 4.78 is 36.7. The molecule has 0 aliphatic carbocycles. The van der Waals surface area contributed by atoms with Crippen molar-refractivity contribution in [3.63, 3.8) is 0 Å². The molecule has 0 radical (unpaired) electrons. The van der Waals surface area contributed by atoms with Crippen LogP contribution in [0.15, 0.2) is 42.7 Å². The van der Waals surface area contributed by atoms with Crippen LogP contribution < -0.4 is 19.1 Å². The molecule has 0 spiro atoms. The van der Waals surface area contributed by atoms with Crippen LogP contribution in [0.25, 0.3) is 0 Å². The molecular formula is C17H19N3O5S. The van der Waals surface area contributed by atoms with Gasteiger partial charge >= 0.3 is 0 Å². The van der Waals surface area contributed by atoms with Gasteiger partial charge in [0, 0.05) is 12.3 Å². The fourth-order valence-corrected chi connectivity index (χ4v) is 3.83. The highest BCUT2D eigenvalue weighted by molar-refractivity contribution is 7.92. The fourth-order valence-electron chi connectivity index (χ4n) is 2.66. The Morgan fingerprint density at radius 2 is 1.96 bits per heavy atom. The predicted molar refractivity (Wildman–Crippen MR) is 97.1 cm³/mol. The average molecular weight is 377 g/mol. The van der Waals surface area contributed by atoms with Gasteiger partial charge in [-0.25, -0.2) is 8.42 Å². The summed E-state index contributed by atoms with van der Waals surface area (Å²) >= 11 is 0. The topological polar surface area (TPSA) is 97.8 Å². The molecule has 1 aliphatic rings. The number of fused-ring (bicyclic) bond motifs is 1. The molecule has 1 aromatic heterocycles. The first-order valence-corrected chi connectivity index (χ1v) is 9.81. The standard InChI is InChI=1S/C17H19N3O5S/c1-12(17(21)19-13-4-3-7-18-11-13)20(26(2,22)23)14-5-6-15-16(10-14)25-9-8-24-15/h3-7,10-12H,8-9H2,1-2H3,(H,19,21). The van der Waals surface area contributed by atoms with Gasteiger partial charge in [0.25, 0.3) is 0 Å². The van der Waals surface area contributed by atoms with Crippen molar-refractivity contribution in [1.29, 1.82) is 0 Å². The first-order chi connectivity index (χ1) is 12.4. The van der Waals surface area contributed by atoms with Gasteiger partial charge in [-0.3, -0.25) is 14.1 Å². The number of ether oxygens (including phenoxy) is 2. The van der Waals surface area contributed by atoms with Gasteiger partial charge in [-0.1, -0.05) is 0 Å². The second-order valence-corrected chi connectivity index (χ2v) is 7.65. The smallest absolute Gasteiger partial charge is 0.248 e. The van der Waals surface area contributed by atoms with Crippen LogP contribution in [0.3, 0.4) is 0 Å². The first kappa shape index (κ1) is 18.0. The second kappa shape index (κ2) is 7.20. The molecule has 1 unspecified atom stereocenters. The number of nitrogens with one attached hydrogen (secondary N) is 1. The van der Waals surface area contributed by atoms with Gasteiger partial charge < -0.3 is 14.8 Å². The van der Waals surface area contributed by atoms with Crippen molar-refractivity contribution in [2.24, 2.45) is 0 Å². The number of aromatic nitrogens is 1. The van der Waals surface area contributed by atoms with Gasteiger partial charge in [0.2, 0.25) is 15.9 Å². The highest BCUT2D eigenvalue weighted by Gasteiger charge is 2.30. The summed E-state index contributed by atoms with van der Waals surface area (Å²) in [5.74, 6) is 0.515. The van der Waals surface area contributed by atoms with E-state index in [1.807, 2.05) is 0 Å². The van der Waals surface area contributed by atoms with Crippen molar-refractivity contribution in [1.82, 2.24) is 4.98 Å². The van der Waals surface area contributed by atoms with Crippen molar-refractivity contribution in [2.75, 3.05) is 29.1 Å². The molecule has 8 nitrogen and oxygen atoms in total. The molecule has 26 heavy (non-hydrogen) atoms. The van der Waals surface area contributed by atoms with Gasteiger partial charge in [0.1, 0.15) is 19.3 Å². The van der Waals surface area contributed by atoms with E-state index in [4.69, 9.17) is 9.47 Å². The molecule has 3 rings (SSSR count). The van der Waals surface area contributed by atoms with Crippen molar-refractivity contribution < 1.29 is 22.7 Å². The summed E-state index contributed by atoms with van der Waals surface area (Å²) in [6.45, 7) is 2.34. The van der Waals surface area contributed by atoms with E-state index < -0.39 is 22.0 Å². The molecule has 9 heteroatoms. The molecule has 1 atom stereocenters. The van der Waals surface area contributed by atoms with Gasteiger partial charge in [0.15, 0.2) is 11.5 Å². The number of hydrogen-bond acceptors (Lipinski definition) is 6. The summed E-state index contributed by atoms with van der Waals surface area (Å²) in [6.07, 6.45) is 4.12. The first-order valence-electron chi connectivity index (χ1n) is 7.96. The third-order valence-electron chi connectivity index (χ3n) is 3.80. The average Bonchev–Trinajstić information content (AvgIpc) is 2.61. The quantitative estimate of drug-likeness (QED) is 0.851. The number of hydrogen-bond donors (Lipinski definition) is 1. The minimum Gasteiger partial charge on any atom is -0.486 e. The van der Waals surface area contributed by atoms with Crippen LogP contribution in [0.4, 0.5) is 11.4 Å². The van der Waals surface area contributed by atoms with Crippen LogP contribution in [0.2, 0.25) is 0 Å². The third-order valence-corrected chi connectivity index (χ3v) is 5.04. The lowest BCUT2D eigenvalue weighted by molar-refractivity contribution is -0.116. The number of anilines is 2. The van der Waals surface area contributed by atoms with Crippen LogP contribution in [-0.2, 0) is 14.8 Å². The van der Waals surface area contributed by atoms with Crippen molar-refractivity contribution >= 4 is 27.3 Å². The van der Waals surface area contributed by atoms with Gasteiger partial charge in [-0.2, -0.15) is 0 Å². The predicted octanol–water partition coefficient (Wildman–Crippen LogP) is 1.65. The van der Waals surface area contributed by atoms with Crippen molar-refractivity contribution in [3.8, 4) is 11.5 Å². The molecule has 1 N–H and O–H groups in total. The van der Waals surface area contributed by atoms with E-state index in [2.05, 4.69) is 10.3 Å². The van der Waals surface area contributed by atoms with Crippen LogP contribution in [0, 0.1) is 0 Å². The van der Waals surface area contributed by atoms with E-state index in [0.29, 0.717) is 36.1 Å². The molecule has 2 heterocycles. The van der Waals surface area contributed by atoms with Crippen LogP contribution in [0.5, 0.6) is 11.5 Å². The molecule has 0 fully saturated rings. The molecule has 1 aliphatic heterocycles. The summed E-state index contributed by atoms with van der Waals surface area (Å²) in [7, 11) is -3.72. The number of carbonyl (C=O) groups is 1. The minimum absolute atomic E-state index is 0.325. The SMILES string of the molecule is CC(C(=O)Nc1cccnc1)N(c1ccc2c(c1)OCCO2)S(C)(=O)=O. The van der Waals surface area contributed by atoms with E-state index in [1.54, 1.807) is 36.5 Å². The zero-order chi connectivity index (χ0) is 18.7. The van der Waals surface area contributed by atoms with Gasteiger partial charge in [0.05, 0.1) is 23.8 Å². The van der Waals surface area contributed by atoms with Crippen LogP contribution >= 0.6 is 0 Å². The van der Waals surface area contributed by atoms with Gasteiger partial charge in [-0.05, 0) is 31.2 Å². The number of pyridine rings is 1. The van der Waals surface area contributed by atoms with E-state index in [0.717, 1.165) is 10.6 Å². The maximum Gasteiger partial charge on any atom is 0.248 e. The van der Waals surface area contributed by atoms with Crippen molar-refractivity contribution in [3.05, 3.63) is 42.7 Å². The molecule has 138 valence electrons. The third kappa shape index (κ3) is 3.88. The van der Waals surface area contributed by atoms with E-state index in [1.165, 1.54) is 13.1 Å². The Kier molecular flexibility index (Phi) is 4.99. The zero-order valence-corrected chi connectivity index (χ0v) is 15.2. The largest absolute Gasteiger partial charge is 0.486 e. The second-order valence-electron chi connectivity index (χ2n) is 5.79. The number of carbonyl (C=O) groups excluding carboxylic acids is 1. The fraction of sp³-hybridized carbons (Fsp3) is 0.294. The molecule has 1 aromatic carbocycles. The van der Waals surface area contributed by atoms with E-state index in [9.17, 15) is 13.2 Å². The summed E-state index contributed by atoms with van der Waals surface area (Å²) in [6, 6.07) is 7.15. The van der Waals surface area contributed by atoms with E-state index in [-0.39, 0.29) is 0 Å². The minimum atomic E-state index is -3.72. The highest BCUT2D eigenvalue weighted by atomic mass is 32.2. The van der Waals surface area contributed by atoms with Crippen molar-refractivity contribution in [2.45, 2.75) is 13.0 Å². The Morgan fingerprint density at radius 3 is 2.62 bits per heavy atom. The number of amides is 1. The molecule has 2 aromatic rings. The lowest BCUT2D eigenvalue weighted by atomic mass is 10.2. The normalized spacial score (nSPS) is 14.4. The number of benzene rings is 1. The maximum absolute atomic E-state index is 12.6. The summed E-state index contributed by atoms with van der Waals surface area (Å²) in [5.41, 5.74) is 0.811. The van der Waals surface area contributed by atoms with Crippen LogP contribution in [0.1, 0.15) is 6.92 Å². The molecular weight excluding hydrogens is 358 g/mol. The van der Waals surface area contributed by atoms with Gasteiger partial charge in [-0.15, -0.1) is 0 Å². The lowest BCUT2D eigenvalue weighted by Crippen LogP contribution is -2.45. The monoisotopic (exact) mass is 377 g/mol. The van der Waals surface area contributed by atoms with E-state index >= 15 is 0 Å². The Morgan fingerprint density at radius 1 is 1.23 bits per heavy atom. The summed E-state index contributed by atoms with van der Waals surface area (Å²) in [4.78, 5) is 16.5. The Labute approximate surface area is 151 Å². The molecule has 0 saturated carbocycles. The number of nitrogens with zero attached hydrogens (tertiary/aromatic N) is 2. The number of sulfonamides is 1. The summed E-state index contributed by atoms with van der Waals surface area (Å²) in [5, 5.41) is 2.66. The molecule has 0 bridgehead atoms. The lowest BCUT2D eigenvalue weighted by Gasteiger charge is -2.29. The Bertz CT molecular complexity index is 902. The maximum atomic E-state index is 12.6. The molecule has 1 amide bonds.